The highest BCUT2D eigenvalue weighted by atomic mass is 31.2. The maximum atomic E-state index is 13.0. The minimum atomic E-state index is -4.95. The first kappa shape index (κ1) is 90.1. The number of hydrogen-bond donors (Lipinski definition) is 3. The monoisotopic (exact) mass is 1350 g/mol. The molecule has 0 aromatic heterocycles. The van der Waals surface area contributed by atoms with Crippen LogP contribution in [0.2, 0.25) is 0 Å². The van der Waals surface area contributed by atoms with Gasteiger partial charge in [0, 0.05) is 25.7 Å². The van der Waals surface area contributed by atoms with Gasteiger partial charge in [-0.3, -0.25) is 37.3 Å². The first-order chi connectivity index (χ1) is 44.1. The Morgan fingerprint density at radius 2 is 0.457 bits per heavy atom. The van der Waals surface area contributed by atoms with Crippen LogP contribution in [0.3, 0.4) is 0 Å². The van der Waals surface area contributed by atoms with E-state index in [0.29, 0.717) is 37.5 Å². The van der Waals surface area contributed by atoms with Gasteiger partial charge < -0.3 is 33.8 Å². The maximum absolute atomic E-state index is 13.0. The highest BCUT2D eigenvalue weighted by Crippen LogP contribution is 2.45. The Morgan fingerprint density at radius 3 is 0.674 bits per heavy atom. The predicted molar refractivity (Wildman–Crippen MR) is 372 cm³/mol. The molecule has 92 heavy (non-hydrogen) atoms. The molecule has 0 amide bonds. The van der Waals surface area contributed by atoms with Gasteiger partial charge in [0.15, 0.2) is 12.2 Å². The van der Waals surface area contributed by atoms with E-state index < -0.39 is 97.5 Å². The van der Waals surface area contributed by atoms with Crippen LogP contribution < -0.4 is 0 Å². The fourth-order valence-corrected chi connectivity index (χ4v) is 12.6. The Hall–Kier alpha value is -1.94. The van der Waals surface area contributed by atoms with E-state index in [1.165, 1.54) is 161 Å². The zero-order chi connectivity index (χ0) is 68.2. The zero-order valence-electron chi connectivity index (χ0n) is 60.2. The Labute approximate surface area is 562 Å². The Morgan fingerprint density at radius 1 is 0.272 bits per heavy atom. The highest BCUT2D eigenvalue weighted by molar-refractivity contribution is 7.47. The Balaban J connectivity index is 5.15. The van der Waals surface area contributed by atoms with Gasteiger partial charge in [0.2, 0.25) is 0 Å². The van der Waals surface area contributed by atoms with Crippen LogP contribution in [0.1, 0.15) is 364 Å². The molecule has 0 aliphatic heterocycles. The van der Waals surface area contributed by atoms with E-state index in [1.54, 1.807) is 0 Å². The van der Waals surface area contributed by atoms with Gasteiger partial charge in [-0.25, -0.2) is 9.13 Å². The van der Waals surface area contributed by atoms with E-state index in [4.69, 9.17) is 37.0 Å². The summed E-state index contributed by atoms with van der Waals surface area (Å²) in [5.74, 6) is 0.791. The van der Waals surface area contributed by atoms with E-state index in [0.717, 1.165) is 108 Å². The fraction of sp³-hybridized carbons (Fsp3) is 0.945. The second-order valence-electron chi connectivity index (χ2n) is 28.2. The third-order valence-electron chi connectivity index (χ3n) is 16.8. The summed E-state index contributed by atoms with van der Waals surface area (Å²) in [7, 11) is -9.90. The number of aliphatic hydroxyl groups is 1. The molecule has 0 saturated carbocycles. The smallest absolute Gasteiger partial charge is 0.462 e. The number of phosphoric ester groups is 2. The zero-order valence-corrected chi connectivity index (χ0v) is 62.0. The molecule has 546 valence electrons. The lowest BCUT2D eigenvalue weighted by atomic mass is 10.0. The van der Waals surface area contributed by atoms with Crippen LogP contribution in [-0.2, 0) is 65.4 Å². The summed E-state index contributed by atoms with van der Waals surface area (Å²) in [6, 6.07) is 0. The number of phosphoric acid groups is 2. The van der Waals surface area contributed by atoms with Crippen molar-refractivity contribution in [3.05, 3.63) is 0 Å². The average molecular weight is 1350 g/mol. The molecule has 0 aromatic carbocycles. The van der Waals surface area contributed by atoms with Gasteiger partial charge in [0.25, 0.3) is 0 Å². The van der Waals surface area contributed by atoms with E-state index in [1.807, 2.05) is 0 Å². The molecule has 0 heterocycles. The molecule has 0 aromatic rings. The van der Waals surface area contributed by atoms with Gasteiger partial charge in [-0.2, -0.15) is 0 Å². The van der Waals surface area contributed by atoms with E-state index in [2.05, 4.69) is 55.4 Å². The molecular weight excluding hydrogens is 1210 g/mol. The SMILES string of the molecule is CC(C)CCCCCCCCCCCCCCCCCCCCC(=O)OC[C@H](COP(=O)(O)OC[C@@H](O)COP(=O)(O)OC[C@@H](COC(=O)CCCCCCCCC(C)C)OC(=O)CCCCCCCCC(C)C)OC(=O)CCCCCCCCCCCCC(C)C. The third-order valence-corrected chi connectivity index (χ3v) is 18.7. The molecule has 0 spiro atoms. The molecule has 0 aliphatic rings. The number of ether oxygens (including phenoxy) is 4. The van der Waals surface area contributed by atoms with Crippen LogP contribution in [0.4, 0.5) is 0 Å². The van der Waals surface area contributed by atoms with Crippen molar-refractivity contribution in [2.45, 2.75) is 382 Å². The van der Waals surface area contributed by atoms with Gasteiger partial charge in [0.05, 0.1) is 26.4 Å². The summed E-state index contributed by atoms with van der Waals surface area (Å²) in [5, 5.41) is 10.6. The Kier molecular flexibility index (Phi) is 61.3. The van der Waals surface area contributed by atoms with Crippen LogP contribution in [0.5, 0.6) is 0 Å². The van der Waals surface area contributed by atoms with Crippen molar-refractivity contribution >= 4 is 39.5 Å². The molecule has 0 rings (SSSR count). The summed E-state index contributed by atoms with van der Waals surface area (Å²) in [5.41, 5.74) is 0. The number of hydrogen-bond acceptors (Lipinski definition) is 15. The molecule has 0 bridgehead atoms. The Bertz CT molecular complexity index is 1820. The maximum Gasteiger partial charge on any atom is 0.472 e. The molecule has 2 unspecified atom stereocenters. The summed E-state index contributed by atoms with van der Waals surface area (Å²) in [4.78, 5) is 72.5. The predicted octanol–water partition coefficient (Wildman–Crippen LogP) is 20.9. The van der Waals surface area contributed by atoms with Crippen molar-refractivity contribution in [1.82, 2.24) is 0 Å². The van der Waals surface area contributed by atoms with Gasteiger partial charge in [-0.15, -0.1) is 0 Å². The van der Waals surface area contributed by atoms with Crippen molar-refractivity contribution in [2.75, 3.05) is 39.6 Å². The summed E-state index contributed by atoms with van der Waals surface area (Å²) in [6.45, 7) is 14.0. The minimum Gasteiger partial charge on any atom is -0.462 e. The molecule has 0 aliphatic carbocycles. The second-order valence-corrected chi connectivity index (χ2v) is 31.1. The highest BCUT2D eigenvalue weighted by Gasteiger charge is 2.30. The van der Waals surface area contributed by atoms with Crippen molar-refractivity contribution in [3.63, 3.8) is 0 Å². The van der Waals surface area contributed by atoms with Gasteiger partial charge in [-0.1, -0.05) is 312 Å². The number of carbonyl (C=O) groups excluding carboxylic acids is 4. The standard InChI is InChI=1S/C73H142O17P2/c1-63(2)49-41-33-25-21-17-15-13-11-9-10-12-14-16-18-23-27-37-45-53-70(75)83-59-68(89-72(77)55-47-39-28-24-20-19-22-26-34-42-50-64(3)4)61-87-91(79,80)85-57-67(74)58-86-92(81,82)88-62-69(90-73(78)56-48-40-32-30-36-44-52-66(7)8)60-84-71(76)54-46-38-31-29-35-43-51-65(5)6/h63-69,74H,9-62H2,1-8H3,(H,79,80)(H,81,82)/t67-,68-,69-/m1/s1. The van der Waals surface area contributed by atoms with Gasteiger partial charge in [-0.05, 0) is 49.4 Å². The summed E-state index contributed by atoms with van der Waals surface area (Å²) < 4.78 is 68.3. The number of unbranched alkanes of at least 4 members (excludes halogenated alkanes) is 36. The molecule has 3 N–H and O–H groups in total. The normalized spacial score (nSPS) is 14.2. The van der Waals surface area contributed by atoms with Gasteiger partial charge >= 0.3 is 39.5 Å². The summed E-state index contributed by atoms with van der Waals surface area (Å²) in [6.07, 6.45) is 46.4. The summed E-state index contributed by atoms with van der Waals surface area (Å²) >= 11 is 0. The molecule has 0 fully saturated rings. The van der Waals surface area contributed by atoms with Crippen molar-refractivity contribution in [3.8, 4) is 0 Å². The first-order valence-corrected chi connectivity index (χ1v) is 40.7. The largest absolute Gasteiger partial charge is 0.472 e. The molecular formula is C73H142O17P2. The minimum absolute atomic E-state index is 0.101. The van der Waals surface area contributed by atoms with Crippen molar-refractivity contribution < 1.29 is 80.2 Å². The van der Waals surface area contributed by atoms with Crippen LogP contribution in [0, 0.1) is 23.7 Å². The first-order valence-electron chi connectivity index (χ1n) is 37.7. The molecule has 19 heteroatoms. The molecule has 0 radical (unpaired) electrons. The van der Waals surface area contributed by atoms with Crippen LogP contribution >= 0.6 is 15.6 Å². The van der Waals surface area contributed by atoms with E-state index in [-0.39, 0.29) is 25.7 Å². The molecule has 17 nitrogen and oxygen atoms in total. The molecule has 0 saturated heterocycles. The lowest BCUT2D eigenvalue weighted by Gasteiger charge is -2.21. The van der Waals surface area contributed by atoms with E-state index >= 15 is 0 Å². The number of carbonyl (C=O) groups is 4. The second kappa shape index (κ2) is 62.6. The van der Waals surface area contributed by atoms with E-state index in [9.17, 15) is 43.2 Å². The van der Waals surface area contributed by atoms with Crippen LogP contribution in [0.15, 0.2) is 0 Å². The van der Waals surface area contributed by atoms with Crippen molar-refractivity contribution in [2.24, 2.45) is 23.7 Å². The quantitative estimate of drug-likeness (QED) is 0.0222. The topological polar surface area (TPSA) is 237 Å². The lowest BCUT2D eigenvalue weighted by Crippen LogP contribution is -2.30. The van der Waals surface area contributed by atoms with Crippen molar-refractivity contribution in [1.29, 1.82) is 0 Å². The van der Waals surface area contributed by atoms with Crippen LogP contribution in [0.25, 0.3) is 0 Å². The molecule has 5 atom stereocenters. The number of rotatable bonds is 70. The number of aliphatic hydroxyl groups excluding tert-OH is 1. The average Bonchev–Trinajstić information content (AvgIpc) is 2.14. The van der Waals surface area contributed by atoms with Gasteiger partial charge in [0.1, 0.15) is 19.3 Å². The number of esters is 4. The third kappa shape index (κ3) is 66.7. The van der Waals surface area contributed by atoms with Crippen LogP contribution in [-0.4, -0.2) is 96.7 Å². The lowest BCUT2D eigenvalue weighted by molar-refractivity contribution is -0.161. The fourth-order valence-electron chi connectivity index (χ4n) is 11.0.